The second-order valence-electron chi connectivity index (χ2n) is 2.69. The highest BCUT2D eigenvalue weighted by atomic mass is 79.9. The number of nitrogens with zero attached hydrogens (tertiary/aromatic N) is 1. The van der Waals surface area contributed by atoms with Crippen molar-refractivity contribution in [1.82, 2.24) is 15.6 Å². The molecule has 0 saturated heterocycles. The van der Waals surface area contributed by atoms with E-state index < -0.39 is 0 Å². The van der Waals surface area contributed by atoms with Gasteiger partial charge in [-0.15, -0.1) is 0 Å². The lowest BCUT2D eigenvalue weighted by Crippen LogP contribution is -2.35. The van der Waals surface area contributed by atoms with Crippen LogP contribution < -0.4 is 10.6 Å². The summed E-state index contributed by atoms with van der Waals surface area (Å²) in [4.78, 5) is 26.3. The number of pyridine rings is 1. The summed E-state index contributed by atoms with van der Waals surface area (Å²) in [6.45, 7) is -0.0572. The molecule has 0 radical (unpaired) electrons. The maximum atomic E-state index is 11.5. The average molecular weight is 272 g/mol. The number of likely N-dealkylation sites (N-methyl/N-ethyl adjacent to an activating group) is 1. The zero-order valence-electron chi connectivity index (χ0n) is 8.08. The Morgan fingerprint density at radius 2 is 2.27 bits per heavy atom. The maximum Gasteiger partial charge on any atom is 0.271 e. The predicted molar refractivity (Wildman–Crippen MR) is 58.3 cm³/mol. The normalized spacial score (nSPS) is 9.47. The van der Waals surface area contributed by atoms with E-state index in [9.17, 15) is 9.59 Å². The second-order valence-corrected chi connectivity index (χ2v) is 3.54. The molecule has 15 heavy (non-hydrogen) atoms. The third-order valence-corrected chi connectivity index (χ3v) is 2.30. The summed E-state index contributed by atoms with van der Waals surface area (Å²) in [5.41, 5.74) is 0.265. The fourth-order valence-corrected chi connectivity index (χ4v) is 1.32. The first kappa shape index (κ1) is 11.6. The van der Waals surface area contributed by atoms with Crippen molar-refractivity contribution in [3.05, 3.63) is 28.5 Å². The van der Waals surface area contributed by atoms with Crippen molar-refractivity contribution in [1.29, 1.82) is 0 Å². The van der Waals surface area contributed by atoms with Gasteiger partial charge in [0.15, 0.2) is 0 Å². The molecule has 0 aliphatic rings. The highest BCUT2D eigenvalue weighted by Gasteiger charge is 2.11. The molecule has 1 aromatic rings. The molecule has 1 rings (SSSR count). The van der Waals surface area contributed by atoms with E-state index >= 15 is 0 Å². The molecule has 0 aliphatic heterocycles. The molecule has 0 aliphatic carbocycles. The lowest BCUT2D eigenvalue weighted by Gasteiger charge is -2.04. The number of rotatable bonds is 3. The van der Waals surface area contributed by atoms with Crippen molar-refractivity contribution >= 4 is 27.7 Å². The number of halogens is 1. The highest BCUT2D eigenvalue weighted by molar-refractivity contribution is 9.10. The Morgan fingerprint density at radius 3 is 2.87 bits per heavy atom. The first-order valence-electron chi connectivity index (χ1n) is 4.24. The van der Waals surface area contributed by atoms with Crippen LogP contribution in [0.2, 0.25) is 0 Å². The Hall–Kier alpha value is -1.43. The summed E-state index contributed by atoms with van der Waals surface area (Å²) in [6, 6.07) is 3.42. The third-order valence-electron chi connectivity index (χ3n) is 1.66. The van der Waals surface area contributed by atoms with Crippen LogP contribution in [0.1, 0.15) is 10.5 Å². The zero-order valence-corrected chi connectivity index (χ0v) is 9.67. The first-order valence-corrected chi connectivity index (χ1v) is 5.03. The second kappa shape index (κ2) is 5.45. The van der Waals surface area contributed by atoms with Gasteiger partial charge < -0.3 is 10.6 Å². The predicted octanol–water partition coefficient (Wildman–Crippen LogP) is 0.320. The van der Waals surface area contributed by atoms with Gasteiger partial charge in [0.2, 0.25) is 5.91 Å². The van der Waals surface area contributed by atoms with E-state index in [1.54, 1.807) is 12.1 Å². The molecule has 1 heterocycles. The van der Waals surface area contributed by atoms with E-state index in [0.29, 0.717) is 4.47 Å². The van der Waals surface area contributed by atoms with E-state index in [1.807, 2.05) is 0 Å². The molecular formula is C9H10BrN3O2. The fraction of sp³-hybridized carbons (Fsp3) is 0.222. The van der Waals surface area contributed by atoms with Gasteiger partial charge in [0.25, 0.3) is 5.91 Å². The molecule has 0 bridgehead atoms. The van der Waals surface area contributed by atoms with Crippen LogP contribution in [0, 0.1) is 0 Å². The highest BCUT2D eigenvalue weighted by Crippen LogP contribution is 2.12. The van der Waals surface area contributed by atoms with Gasteiger partial charge in [-0.3, -0.25) is 9.59 Å². The minimum Gasteiger partial charge on any atom is -0.358 e. The maximum absolute atomic E-state index is 11.5. The molecule has 0 saturated carbocycles. The van der Waals surface area contributed by atoms with E-state index in [2.05, 4.69) is 31.5 Å². The fourth-order valence-electron chi connectivity index (χ4n) is 0.885. The van der Waals surface area contributed by atoms with Crippen LogP contribution in [0.15, 0.2) is 22.8 Å². The van der Waals surface area contributed by atoms with Gasteiger partial charge in [-0.2, -0.15) is 0 Å². The Morgan fingerprint density at radius 1 is 1.53 bits per heavy atom. The SMILES string of the molecule is CNC(=O)CNC(=O)c1ncccc1Br. The average Bonchev–Trinajstić information content (AvgIpc) is 2.26. The van der Waals surface area contributed by atoms with Crippen molar-refractivity contribution < 1.29 is 9.59 Å². The van der Waals surface area contributed by atoms with Crippen LogP contribution in [0.3, 0.4) is 0 Å². The number of carbonyl (C=O) groups is 2. The van der Waals surface area contributed by atoms with Crippen molar-refractivity contribution in [2.75, 3.05) is 13.6 Å². The van der Waals surface area contributed by atoms with Crippen molar-refractivity contribution in [3.63, 3.8) is 0 Å². The molecule has 0 spiro atoms. The quantitative estimate of drug-likeness (QED) is 0.832. The molecule has 0 fully saturated rings. The van der Waals surface area contributed by atoms with Gasteiger partial charge in [0, 0.05) is 17.7 Å². The minimum atomic E-state index is -0.383. The van der Waals surface area contributed by atoms with Gasteiger partial charge in [0.1, 0.15) is 5.69 Å². The van der Waals surface area contributed by atoms with Crippen molar-refractivity contribution in [2.45, 2.75) is 0 Å². The first-order chi connectivity index (χ1) is 7.15. The summed E-state index contributed by atoms with van der Waals surface area (Å²) < 4.78 is 0.597. The van der Waals surface area contributed by atoms with Crippen LogP contribution in [0.4, 0.5) is 0 Å². The zero-order chi connectivity index (χ0) is 11.3. The lowest BCUT2D eigenvalue weighted by atomic mass is 10.3. The van der Waals surface area contributed by atoms with Gasteiger partial charge in [0.05, 0.1) is 6.54 Å². The molecule has 1 aromatic heterocycles. The molecule has 6 heteroatoms. The summed E-state index contributed by atoms with van der Waals surface area (Å²) in [7, 11) is 1.51. The summed E-state index contributed by atoms with van der Waals surface area (Å²) in [5.74, 6) is -0.638. The number of amides is 2. The smallest absolute Gasteiger partial charge is 0.271 e. The molecule has 5 nitrogen and oxygen atoms in total. The molecule has 0 atom stereocenters. The number of carbonyl (C=O) groups excluding carboxylic acids is 2. The number of aromatic nitrogens is 1. The Labute approximate surface area is 95.4 Å². The minimum absolute atomic E-state index is 0.0572. The van der Waals surface area contributed by atoms with E-state index in [4.69, 9.17) is 0 Å². The van der Waals surface area contributed by atoms with E-state index in [1.165, 1.54) is 13.2 Å². The Kier molecular flexibility index (Phi) is 4.23. The molecule has 80 valence electrons. The van der Waals surface area contributed by atoms with Gasteiger partial charge in [-0.25, -0.2) is 4.98 Å². The van der Waals surface area contributed by atoms with E-state index in [0.717, 1.165) is 0 Å². The van der Waals surface area contributed by atoms with Crippen LogP contribution in [0.5, 0.6) is 0 Å². The van der Waals surface area contributed by atoms with Crippen molar-refractivity contribution in [2.24, 2.45) is 0 Å². The number of hydrogen-bond acceptors (Lipinski definition) is 3. The standard InChI is InChI=1S/C9H10BrN3O2/c1-11-7(14)5-13-9(15)8-6(10)3-2-4-12-8/h2-4H,5H2,1H3,(H,11,14)(H,13,15). The van der Waals surface area contributed by atoms with E-state index in [-0.39, 0.29) is 24.1 Å². The summed E-state index contributed by atoms with van der Waals surface area (Å²) >= 11 is 3.20. The molecule has 0 unspecified atom stereocenters. The van der Waals surface area contributed by atoms with Crippen LogP contribution in [0.25, 0.3) is 0 Å². The van der Waals surface area contributed by atoms with Gasteiger partial charge in [-0.1, -0.05) is 0 Å². The van der Waals surface area contributed by atoms with Crippen LogP contribution in [-0.4, -0.2) is 30.4 Å². The monoisotopic (exact) mass is 271 g/mol. The number of hydrogen-bond donors (Lipinski definition) is 2. The summed E-state index contributed by atoms with van der Waals surface area (Å²) in [6.07, 6.45) is 1.51. The van der Waals surface area contributed by atoms with Gasteiger partial charge >= 0.3 is 0 Å². The van der Waals surface area contributed by atoms with Crippen LogP contribution in [-0.2, 0) is 4.79 Å². The third kappa shape index (κ3) is 3.32. The largest absolute Gasteiger partial charge is 0.358 e. The molecule has 2 N–H and O–H groups in total. The van der Waals surface area contributed by atoms with Gasteiger partial charge in [-0.05, 0) is 28.1 Å². The Bertz CT molecular complexity index is 381. The molecule has 0 aromatic carbocycles. The van der Waals surface area contributed by atoms with Crippen LogP contribution >= 0.6 is 15.9 Å². The molecule has 2 amide bonds. The Balaban J connectivity index is 2.62. The number of nitrogens with one attached hydrogen (secondary N) is 2. The lowest BCUT2D eigenvalue weighted by molar-refractivity contribution is -0.119. The topological polar surface area (TPSA) is 71.1 Å². The van der Waals surface area contributed by atoms with Crippen molar-refractivity contribution in [3.8, 4) is 0 Å². The molecular weight excluding hydrogens is 262 g/mol. The summed E-state index contributed by atoms with van der Waals surface area (Å²) in [5, 5.41) is 4.85.